The van der Waals surface area contributed by atoms with E-state index in [1.165, 1.54) is 4.31 Å². The molecule has 0 radical (unpaired) electrons. The van der Waals surface area contributed by atoms with E-state index >= 15 is 0 Å². The Kier molecular flexibility index (Phi) is 6.05. The molecule has 0 saturated carbocycles. The fraction of sp³-hybridized carbons (Fsp3) is 0.391. The fourth-order valence-corrected chi connectivity index (χ4v) is 5.43. The van der Waals surface area contributed by atoms with E-state index in [1.54, 1.807) is 19.2 Å². The molecule has 1 amide bonds. The van der Waals surface area contributed by atoms with Crippen LogP contribution in [0.4, 0.5) is 0 Å². The van der Waals surface area contributed by atoms with Crippen molar-refractivity contribution in [3.63, 3.8) is 0 Å². The highest BCUT2D eigenvalue weighted by Crippen LogP contribution is 2.32. The third kappa shape index (κ3) is 4.27. The Bertz CT molecular complexity index is 1170. The molecule has 2 heterocycles. The van der Waals surface area contributed by atoms with Gasteiger partial charge < -0.3 is 15.8 Å². The normalized spacial score (nSPS) is 20.2. The maximum atomic E-state index is 12.6. The molecule has 4 rings (SSSR count). The average Bonchev–Trinajstić information content (AvgIpc) is 3.01. The monoisotopic (exact) mass is 454 g/mol. The highest BCUT2D eigenvalue weighted by Gasteiger charge is 2.37. The zero-order chi connectivity index (χ0) is 22.9. The Balaban J connectivity index is 1.44. The number of amides is 1. The van der Waals surface area contributed by atoms with E-state index in [0.717, 1.165) is 22.3 Å². The van der Waals surface area contributed by atoms with Gasteiger partial charge in [0.1, 0.15) is 6.04 Å². The first-order chi connectivity index (χ1) is 15.2. The summed E-state index contributed by atoms with van der Waals surface area (Å²) in [6, 6.07) is 14.5. The molecule has 2 aromatic carbocycles. The van der Waals surface area contributed by atoms with Gasteiger partial charge in [0.15, 0.2) is 0 Å². The van der Waals surface area contributed by atoms with Crippen LogP contribution < -0.4 is 11.1 Å². The predicted octanol–water partition coefficient (Wildman–Crippen LogP) is 1.55. The Labute approximate surface area is 188 Å². The van der Waals surface area contributed by atoms with Crippen molar-refractivity contribution in [2.75, 3.05) is 20.3 Å². The number of rotatable bonds is 5. The number of carbonyl (C=O) groups is 1. The zero-order valence-electron chi connectivity index (χ0n) is 17.9. The Hall–Kier alpha value is -2.77. The number of hydrogen-bond acceptors (Lipinski definition) is 6. The minimum Gasteiger partial charge on any atom is -0.381 e. The molecule has 1 saturated heterocycles. The van der Waals surface area contributed by atoms with Crippen molar-refractivity contribution in [3.8, 4) is 17.2 Å². The van der Waals surface area contributed by atoms with Gasteiger partial charge in [0.25, 0.3) is 0 Å². The maximum Gasteiger partial charge on any atom is 0.243 e. The second-order valence-corrected chi connectivity index (χ2v) is 10.4. The molecular weight excluding hydrogens is 428 g/mol. The lowest BCUT2D eigenvalue weighted by Gasteiger charge is -2.32. The molecular formula is C23H26N4O4S. The number of carbonyl (C=O) groups excluding carboxylic acids is 1. The van der Waals surface area contributed by atoms with Crippen LogP contribution in [-0.2, 0) is 32.5 Å². The second-order valence-electron chi connectivity index (χ2n) is 8.41. The van der Waals surface area contributed by atoms with Crippen molar-refractivity contribution >= 4 is 15.9 Å². The standard InChI is InChI=1S/C23H26N4O4S/c1-27-15-19-13-18(6-7-21(19)32(27,29)30)17-4-2-16(3-5-17)12-20(14-24)26-22(28)23(25)8-10-31-11-9-23/h2-7,13,20H,8-12,15,25H2,1H3,(H,26,28)/t20-/m0/s1. The highest BCUT2D eigenvalue weighted by atomic mass is 32.2. The Morgan fingerprint density at radius 3 is 2.53 bits per heavy atom. The Morgan fingerprint density at radius 1 is 1.22 bits per heavy atom. The average molecular weight is 455 g/mol. The molecule has 1 fully saturated rings. The van der Waals surface area contributed by atoms with E-state index in [0.29, 0.717) is 43.9 Å². The van der Waals surface area contributed by atoms with E-state index in [1.807, 2.05) is 30.3 Å². The Morgan fingerprint density at radius 2 is 1.88 bits per heavy atom. The number of nitrogens with one attached hydrogen (secondary N) is 1. The predicted molar refractivity (Wildman–Crippen MR) is 119 cm³/mol. The first-order valence-electron chi connectivity index (χ1n) is 10.5. The van der Waals surface area contributed by atoms with Gasteiger partial charge in [-0.1, -0.05) is 30.3 Å². The van der Waals surface area contributed by atoms with Gasteiger partial charge in [-0.15, -0.1) is 0 Å². The molecule has 32 heavy (non-hydrogen) atoms. The van der Waals surface area contributed by atoms with Crippen molar-refractivity contribution in [2.45, 2.75) is 42.3 Å². The summed E-state index contributed by atoms with van der Waals surface area (Å²) in [5, 5.41) is 12.3. The zero-order valence-corrected chi connectivity index (χ0v) is 18.7. The number of nitrogens with zero attached hydrogens (tertiary/aromatic N) is 2. The largest absolute Gasteiger partial charge is 0.381 e. The minimum absolute atomic E-state index is 0.318. The van der Waals surface area contributed by atoms with E-state index < -0.39 is 21.6 Å². The van der Waals surface area contributed by atoms with Gasteiger partial charge >= 0.3 is 0 Å². The molecule has 9 heteroatoms. The van der Waals surface area contributed by atoms with Gasteiger partial charge in [-0.25, -0.2) is 8.42 Å². The van der Waals surface area contributed by atoms with E-state index in [2.05, 4.69) is 11.4 Å². The fourth-order valence-electron chi connectivity index (χ4n) is 4.09. The number of fused-ring (bicyclic) bond motifs is 1. The molecule has 2 aliphatic heterocycles. The molecule has 8 nitrogen and oxygen atoms in total. The number of hydrogen-bond donors (Lipinski definition) is 2. The summed E-state index contributed by atoms with van der Waals surface area (Å²) in [6.07, 6.45) is 1.23. The lowest BCUT2D eigenvalue weighted by atomic mass is 9.90. The van der Waals surface area contributed by atoms with Crippen molar-refractivity contribution in [3.05, 3.63) is 53.6 Å². The second kappa shape index (κ2) is 8.64. The number of nitriles is 1. The molecule has 0 aromatic heterocycles. The summed E-state index contributed by atoms with van der Waals surface area (Å²) in [4.78, 5) is 12.9. The molecule has 1 atom stereocenters. The van der Waals surface area contributed by atoms with Crippen LogP contribution in [0.2, 0.25) is 0 Å². The van der Waals surface area contributed by atoms with Crippen molar-refractivity contribution < 1.29 is 17.9 Å². The van der Waals surface area contributed by atoms with Gasteiger partial charge in [0.2, 0.25) is 15.9 Å². The maximum absolute atomic E-state index is 12.6. The van der Waals surface area contributed by atoms with Crippen LogP contribution in [0.25, 0.3) is 11.1 Å². The molecule has 0 aliphatic carbocycles. The molecule has 0 bridgehead atoms. The van der Waals surface area contributed by atoms with Crippen LogP contribution in [0.15, 0.2) is 47.4 Å². The summed E-state index contributed by atoms with van der Waals surface area (Å²) < 4.78 is 31.1. The van der Waals surface area contributed by atoms with E-state index in [-0.39, 0.29) is 5.91 Å². The number of benzene rings is 2. The molecule has 2 aliphatic rings. The van der Waals surface area contributed by atoms with E-state index in [4.69, 9.17) is 10.5 Å². The van der Waals surface area contributed by atoms with Crippen molar-refractivity contribution in [1.82, 2.24) is 9.62 Å². The summed E-state index contributed by atoms with van der Waals surface area (Å²) >= 11 is 0. The quantitative estimate of drug-likeness (QED) is 0.706. The van der Waals surface area contributed by atoms with Crippen molar-refractivity contribution in [2.24, 2.45) is 5.73 Å². The van der Waals surface area contributed by atoms with Crippen LogP contribution >= 0.6 is 0 Å². The number of ether oxygens (including phenoxy) is 1. The summed E-state index contributed by atoms with van der Waals surface area (Å²) in [7, 11) is -1.80. The summed E-state index contributed by atoms with van der Waals surface area (Å²) in [5.74, 6) is -0.318. The van der Waals surface area contributed by atoms with Gasteiger partial charge in [0, 0.05) is 33.2 Å². The SMILES string of the molecule is CN1Cc2cc(-c3ccc(C[C@@H](C#N)NC(=O)C4(N)CCOCC4)cc3)ccc2S1(=O)=O. The molecule has 168 valence electrons. The van der Waals surface area contributed by atoms with Gasteiger partial charge in [0.05, 0.1) is 16.5 Å². The van der Waals surface area contributed by atoms with Crippen LogP contribution in [0.3, 0.4) is 0 Å². The highest BCUT2D eigenvalue weighted by molar-refractivity contribution is 7.89. The molecule has 0 unspecified atom stereocenters. The number of sulfonamides is 1. The third-order valence-corrected chi connectivity index (χ3v) is 8.07. The first-order valence-corrected chi connectivity index (χ1v) is 11.9. The lowest BCUT2D eigenvalue weighted by Crippen LogP contribution is -2.58. The van der Waals surface area contributed by atoms with E-state index in [9.17, 15) is 18.5 Å². The topological polar surface area (TPSA) is 126 Å². The van der Waals surface area contributed by atoms with Gasteiger partial charge in [-0.2, -0.15) is 9.57 Å². The minimum atomic E-state index is -3.38. The van der Waals surface area contributed by atoms with Gasteiger partial charge in [-0.3, -0.25) is 4.79 Å². The van der Waals surface area contributed by atoms with Crippen LogP contribution in [0, 0.1) is 11.3 Å². The summed E-state index contributed by atoms with van der Waals surface area (Å²) in [5.41, 5.74) is 8.77. The third-order valence-electron chi connectivity index (χ3n) is 6.17. The van der Waals surface area contributed by atoms with Gasteiger partial charge in [-0.05, 0) is 47.2 Å². The van der Waals surface area contributed by atoms with Crippen LogP contribution in [0.1, 0.15) is 24.0 Å². The first kappa shape index (κ1) is 22.4. The van der Waals surface area contributed by atoms with Crippen molar-refractivity contribution in [1.29, 1.82) is 5.26 Å². The molecule has 0 spiro atoms. The smallest absolute Gasteiger partial charge is 0.243 e. The lowest BCUT2D eigenvalue weighted by molar-refractivity contribution is -0.130. The molecule has 3 N–H and O–H groups in total. The summed E-state index contributed by atoms with van der Waals surface area (Å²) in [6.45, 7) is 1.24. The molecule has 2 aromatic rings. The van der Waals surface area contributed by atoms with Crippen LogP contribution in [-0.4, -0.2) is 50.5 Å². The number of nitrogens with two attached hydrogens (primary N) is 1. The van der Waals surface area contributed by atoms with Crippen LogP contribution in [0.5, 0.6) is 0 Å².